The van der Waals surface area contributed by atoms with Crippen LogP contribution in [0.15, 0.2) is 27.8 Å². The number of rotatable bonds is 6. The fraction of sp³-hybridized carbons (Fsp3) is 0.688. The third-order valence-corrected chi connectivity index (χ3v) is 4.26. The highest BCUT2D eigenvalue weighted by atomic mass is 16.3. The molecular weight excluding hydrogens is 264 g/mol. The van der Waals surface area contributed by atoms with E-state index in [1.165, 1.54) is 32.4 Å². The molecule has 3 rings (SSSR count). The largest absolute Gasteiger partial charge is 0.467 e. The van der Waals surface area contributed by atoms with E-state index in [-0.39, 0.29) is 0 Å². The molecule has 0 amide bonds. The molecule has 1 unspecified atom stereocenters. The Hall–Kier alpha value is -1.49. The van der Waals surface area contributed by atoms with Crippen molar-refractivity contribution in [2.75, 3.05) is 26.2 Å². The molecule has 1 aliphatic carbocycles. The van der Waals surface area contributed by atoms with Gasteiger partial charge in [0, 0.05) is 25.7 Å². The molecule has 116 valence electrons. The zero-order valence-corrected chi connectivity index (χ0v) is 12.8. The maximum Gasteiger partial charge on any atom is 0.191 e. The van der Waals surface area contributed by atoms with Gasteiger partial charge in [-0.05, 0) is 50.8 Å². The standard InChI is InChI=1S/C16H26N4O/c1-2-17-16(19-11-15-4-3-9-21-15)18-10-13-7-8-20(12-13)14-5-6-14/h3-4,9,13-14H,2,5-8,10-12H2,1H3,(H2,17,18,19). The van der Waals surface area contributed by atoms with Gasteiger partial charge < -0.3 is 20.0 Å². The Morgan fingerprint density at radius 2 is 2.29 bits per heavy atom. The van der Waals surface area contributed by atoms with Crippen LogP contribution < -0.4 is 10.6 Å². The minimum absolute atomic E-state index is 0.585. The molecule has 5 nitrogen and oxygen atoms in total. The normalized spacial score (nSPS) is 23.5. The third kappa shape index (κ3) is 4.24. The summed E-state index contributed by atoms with van der Waals surface area (Å²) in [4.78, 5) is 7.22. The maximum atomic E-state index is 5.32. The van der Waals surface area contributed by atoms with Gasteiger partial charge in [-0.25, -0.2) is 4.99 Å². The van der Waals surface area contributed by atoms with Gasteiger partial charge in [0.25, 0.3) is 0 Å². The van der Waals surface area contributed by atoms with E-state index in [1.54, 1.807) is 6.26 Å². The van der Waals surface area contributed by atoms with E-state index in [0.717, 1.165) is 36.8 Å². The lowest BCUT2D eigenvalue weighted by atomic mass is 10.1. The van der Waals surface area contributed by atoms with Gasteiger partial charge >= 0.3 is 0 Å². The van der Waals surface area contributed by atoms with Gasteiger partial charge in [-0.2, -0.15) is 0 Å². The van der Waals surface area contributed by atoms with Crippen LogP contribution in [0.1, 0.15) is 31.9 Å². The molecule has 2 heterocycles. The Bertz CT molecular complexity index is 453. The molecular formula is C16H26N4O. The van der Waals surface area contributed by atoms with Crippen LogP contribution in [0.4, 0.5) is 0 Å². The SMILES string of the molecule is CCNC(=NCc1ccco1)NCC1CCN(C2CC2)C1. The summed E-state index contributed by atoms with van der Waals surface area (Å²) in [5, 5.41) is 6.77. The Kier molecular flexibility index (Phi) is 4.80. The molecule has 2 aliphatic rings. The summed E-state index contributed by atoms with van der Waals surface area (Å²) in [6.07, 6.45) is 5.82. The first kappa shape index (κ1) is 14.4. The van der Waals surface area contributed by atoms with Crippen molar-refractivity contribution in [3.8, 4) is 0 Å². The first-order valence-electron chi connectivity index (χ1n) is 8.13. The van der Waals surface area contributed by atoms with Gasteiger partial charge in [-0.3, -0.25) is 0 Å². The average Bonchev–Trinajstić information content (AvgIpc) is 3.03. The van der Waals surface area contributed by atoms with Crippen molar-refractivity contribution in [1.82, 2.24) is 15.5 Å². The Morgan fingerprint density at radius 3 is 3.00 bits per heavy atom. The smallest absolute Gasteiger partial charge is 0.191 e. The molecule has 5 heteroatoms. The third-order valence-electron chi connectivity index (χ3n) is 4.26. The average molecular weight is 290 g/mol. The number of guanidine groups is 1. The van der Waals surface area contributed by atoms with Gasteiger partial charge in [0.2, 0.25) is 0 Å². The van der Waals surface area contributed by atoms with Crippen LogP contribution >= 0.6 is 0 Å². The second kappa shape index (κ2) is 6.98. The van der Waals surface area contributed by atoms with Crippen LogP contribution in [-0.2, 0) is 6.54 Å². The van der Waals surface area contributed by atoms with Gasteiger partial charge in [-0.1, -0.05) is 0 Å². The lowest BCUT2D eigenvalue weighted by Gasteiger charge is -2.16. The van der Waals surface area contributed by atoms with E-state index in [0.29, 0.717) is 6.54 Å². The van der Waals surface area contributed by atoms with Crippen LogP contribution in [0.25, 0.3) is 0 Å². The summed E-state index contributed by atoms with van der Waals surface area (Å²) < 4.78 is 5.32. The number of hydrogen-bond acceptors (Lipinski definition) is 3. The summed E-state index contributed by atoms with van der Waals surface area (Å²) in [5.74, 6) is 2.53. The van der Waals surface area contributed by atoms with Crippen molar-refractivity contribution in [3.05, 3.63) is 24.2 Å². The monoisotopic (exact) mass is 290 g/mol. The summed E-state index contributed by atoms with van der Waals surface area (Å²) >= 11 is 0. The molecule has 21 heavy (non-hydrogen) atoms. The number of hydrogen-bond donors (Lipinski definition) is 2. The molecule has 1 aromatic rings. The second-order valence-electron chi connectivity index (χ2n) is 6.04. The maximum absolute atomic E-state index is 5.32. The molecule has 1 saturated heterocycles. The number of nitrogens with zero attached hydrogens (tertiary/aromatic N) is 2. The van der Waals surface area contributed by atoms with E-state index in [2.05, 4.69) is 27.4 Å². The zero-order chi connectivity index (χ0) is 14.5. The molecule has 1 aromatic heterocycles. The van der Waals surface area contributed by atoms with Gasteiger partial charge in [-0.15, -0.1) is 0 Å². The van der Waals surface area contributed by atoms with Crippen LogP contribution in [0.3, 0.4) is 0 Å². The van der Waals surface area contributed by atoms with E-state index in [9.17, 15) is 0 Å². The lowest BCUT2D eigenvalue weighted by Crippen LogP contribution is -2.40. The highest BCUT2D eigenvalue weighted by molar-refractivity contribution is 5.79. The predicted octanol–water partition coefficient (Wildman–Crippen LogP) is 1.82. The fourth-order valence-electron chi connectivity index (χ4n) is 2.94. The number of aliphatic imine (C=N–C) groups is 1. The van der Waals surface area contributed by atoms with Crippen LogP contribution in [0.2, 0.25) is 0 Å². The van der Waals surface area contributed by atoms with Crippen molar-refractivity contribution >= 4 is 5.96 Å². The Balaban J connectivity index is 1.44. The molecule has 0 bridgehead atoms. The summed E-state index contributed by atoms with van der Waals surface area (Å²) in [5.41, 5.74) is 0. The topological polar surface area (TPSA) is 52.8 Å². The van der Waals surface area contributed by atoms with Crippen LogP contribution in [-0.4, -0.2) is 43.1 Å². The van der Waals surface area contributed by atoms with E-state index >= 15 is 0 Å². The molecule has 1 atom stereocenters. The summed E-state index contributed by atoms with van der Waals surface area (Å²) in [6.45, 7) is 7.08. The molecule has 2 fully saturated rings. The fourth-order valence-corrected chi connectivity index (χ4v) is 2.94. The molecule has 0 aromatic carbocycles. The first-order valence-corrected chi connectivity index (χ1v) is 8.13. The molecule has 0 spiro atoms. The van der Waals surface area contributed by atoms with Crippen molar-refractivity contribution in [2.45, 2.75) is 38.8 Å². The second-order valence-corrected chi connectivity index (χ2v) is 6.04. The van der Waals surface area contributed by atoms with E-state index < -0.39 is 0 Å². The minimum Gasteiger partial charge on any atom is -0.467 e. The molecule has 0 radical (unpaired) electrons. The van der Waals surface area contributed by atoms with Crippen LogP contribution in [0.5, 0.6) is 0 Å². The first-order chi connectivity index (χ1) is 10.3. The quantitative estimate of drug-likeness (QED) is 0.620. The zero-order valence-electron chi connectivity index (χ0n) is 12.8. The van der Waals surface area contributed by atoms with Crippen LogP contribution in [0, 0.1) is 5.92 Å². The highest BCUT2D eigenvalue weighted by Gasteiger charge is 2.34. The number of furan rings is 1. The highest BCUT2D eigenvalue weighted by Crippen LogP contribution is 2.31. The molecule has 1 saturated carbocycles. The van der Waals surface area contributed by atoms with Crippen molar-refractivity contribution in [3.63, 3.8) is 0 Å². The summed E-state index contributed by atoms with van der Waals surface area (Å²) in [6, 6.07) is 4.75. The molecule has 2 N–H and O–H groups in total. The predicted molar refractivity (Wildman–Crippen MR) is 84.2 cm³/mol. The van der Waals surface area contributed by atoms with Crippen molar-refractivity contribution in [2.24, 2.45) is 10.9 Å². The van der Waals surface area contributed by atoms with Gasteiger partial charge in [0.15, 0.2) is 5.96 Å². The van der Waals surface area contributed by atoms with Gasteiger partial charge in [0.05, 0.1) is 6.26 Å². The minimum atomic E-state index is 0.585. The lowest BCUT2D eigenvalue weighted by molar-refractivity contribution is 0.314. The van der Waals surface area contributed by atoms with E-state index in [1.807, 2.05) is 12.1 Å². The molecule has 1 aliphatic heterocycles. The van der Waals surface area contributed by atoms with Crippen molar-refractivity contribution in [1.29, 1.82) is 0 Å². The Morgan fingerprint density at radius 1 is 1.38 bits per heavy atom. The summed E-state index contributed by atoms with van der Waals surface area (Å²) in [7, 11) is 0. The van der Waals surface area contributed by atoms with Crippen molar-refractivity contribution < 1.29 is 4.42 Å². The number of likely N-dealkylation sites (tertiary alicyclic amines) is 1. The number of nitrogens with one attached hydrogen (secondary N) is 2. The van der Waals surface area contributed by atoms with Gasteiger partial charge in [0.1, 0.15) is 12.3 Å². The Labute approximate surface area is 126 Å². The van der Waals surface area contributed by atoms with E-state index in [4.69, 9.17) is 4.42 Å².